The zero-order valence-electron chi connectivity index (χ0n) is 8.85. The van der Waals surface area contributed by atoms with Gasteiger partial charge in [0, 0.05) is 35.9 Å². The maximum absolute atomic E-state index is 12.3. The van der Waals surface area contributed by atoms with Crippen molar-refractivity contribution in [2.75, 3.05) is 0 Å². The predicted octanol–water partition coefficient (Wildman–Crippen LogP) is 2.37. The molecule has 0 saturated carbocycles. The maximum Gasteiger partial charge on any atom is 0.451 e. The summed E-state index contributed by atoms with van der Waals surface area (Å²) in [4.78, 5) is 21.0. The number of rotatable bonds is 2. The Hall–Kier alpha value is -2.31. The van der Waals surface area contributed by atoms with E-state index in [-0.39, 0.29) is 5.56 Å². The molecule has 0 radical (unpaired) electrons. The van der Waals surface area contributed by atoms with E-state index in [1.54, 1.807) is 0 Å². The quantitative estimate of drug-likeness (QED) is 0.771. The average molecular weight is 253 g/mol. The van der Waals surface area contributed by atoms with E-state index in [0.717, 1.165) is 12.4 Å². The fraction of sp³-hybridized carbons (Fsp3) is 0.0909. The summed E-state index contributed by atoms with van der Waals surface area (Å²) in [5, 5.41) is 0. The minimum absolute atomic E-state index is 0.265. The fourth-order valence-corrected chi connectivity index (χ4v) is 1.38. The highest BCUT2D eigenvalue weighted by molar-refractivity contribution is 5.86. The third-order valence-corrected chi connectivity index (χ3v) is 2.20. The molecule has 0 N–H and O–H groups in total. The van der Waals surface area contributed by atoms with E-state index >= 15 is 0 Å². The zero-order valence-corrected chi connectivity index (χ0v) is 8.85. The van der Waals surface area contributed by atoms with Crippen LogP contribution in [0.25, 0.3) is 11.1 Å². The summed E-state index contributed by atoms with van der Waals surface area (Å²) in [6, 6.07) is 1.51. The lowest BCUT2D eigenvalue weighted by atomic mass is 10.1. The third kappa shape index (κ3) is 2.34. The molecule has 4 nitrogen and oxygen atoms in total. The molecule has 2 rings (SSSR count). The third-order valence-electron chi connectivity index (χ3n) is 2.20. The van der Waals surface area contributed by atoms with Crippen LogP contribution in [0.3, 0.4) is 0 Å². The molecule has 7 heteroatoms. The van der Waals surface area contributed by atoms with Crippen LogP contribution in [0.5, 0.6) is 0 Å². The molecule has 2 heterocycles. The highest BCUT2D eigenvalue weighted by Gasteiger charge is 2.34. The molecule has 0 aliphatic carbocycles. The molecular formula is C11H6F3N3O. The molecule has 0 spiro atoms. The molecule has 92 valence electrons. The first-order valence-electron chi connectivity index (χ1n) is 4.81. The van der Waals surface area contributed by atoms with Crippen molar-refractivity contribution in [3.8, 4) is 11.1 Å². The van der Waals surface area contributed by atoms with Gasteiger partial charge in [0.2, 0.25) is 5.82 Å². The summed E-state index contributed by atoms with van der Waals surface area (Å²) >= 11 is 0. The number of pyridine rings is 1. The molecule has 0 aliphatic rings. The summed E-state index contributed by atoms with van der Waals surface area (Å²) in [6.07, 6.45) is 0.792. The lowest BCUT2D eigenvalue weighted by Gasteiger charge is -2.06. The lowest BCUT2D eigenvalue weighted by molar-refractivity contribution is -0.144. The van der Waals surface area contributed by atoms with E-state index in [4.69, 9.17) is 0 Å². The molecule has 2 aromatic rings. The van der Waals surface area contributed by atoms with E-state index in [0.29, 0.717) is 17.4 Å². The molecule has 0 unspecified atom stereocenters. The van der Waals surface area contributed by atoms with Gasteiger partial charge in [-0.25, -0.2) is 9.97 Å². The molecule has 0 atom stereocenters. The second-order valence-corrected chi connectivity index (χ2v) is 3.37. The van der Waals surface area contributed by atoms with E-state index in [1.165, 1.54) is 18.5 Å². The van der Waals surface area contributed by atoms with Crippen LogP contribution in [0.2, 0.25) is 0 Å². The molecule has 0 aliphatic heterocycles. The van der Waals surface area contributed by atoms with Crippen LogP contribution in [0.1, 0.15) is 16.2 Å². The van der Waals surface area contributed by atoms with Gasteiger partial charge in [-0.2, -0.15) is 13.2 Å². The molecule has 0 saturated heterocycles. The number of alkyl halides is 3. The van der Waals surface area contributed by atoms with Gasteiger partial charge in [-0.05, 0) is 11.6 Å². The van der Waals surface area contributed by atoms with Gasteiger partial charge in [0.05, 0.1) is 0 Å². The molecule has 2 aromatic heterocycles. The number of nitrogens with zero attached hydrogens (tertiary/aromatic N) is 3. The first-order chi connectivity index (χ1) is 8.52. The van der Waals surface area contributed by atoms with Crippen LogP contribution in [0.15, 0.2) is 30.9 Å². The van der Waals surface area contributed by atoms with Gasteiger partial charge in [-0.15, -0.1) is 0 Å². The number of carbonyl (C=O) groups is 1. The van der Waals surface area contributed by atoms with Crippen molar-refractivity contribution in [2.45, 2.75) is 6.18 Å². The summed E-state index contributed by atoms with van der Waals surface area (Å²) in [6.45, 7) is 0. The number of carbonyl (C=O) groups excluding carboxylic acids is 1. The van der Waals surface area contributed by atoms with Crippen LogP contribution in [0, 0.1) is 0 Å². The van der Waals surface area contributed by atoms with Gasteiger partial charge < -0.3 is 0 Å². The fourth-order valence-electron chi connectivity index (χ4n) is 1.38. The predicted molar refractivity (Wildman–Crippen MR) is 55.7 cm³/mol. The highest BCUT2D eigenvalue weighted by Crippen LogP contribution is 2.27. The number of hydrogen-bond donors (Lipinski definition) is 0. The number of aldehydes is 1. The minimum Gasteiger partial charge on any atom is -0.298 e. The van der Waals surface area contributed by atoms with Crippen LogP contribution in [-0.4, -0.2) is 21.2 Å². The topological polar surface area (TPSA) is 55.7 Å². The summed E-state index contributed by atoms with van der Waals surface area (Å²) in [7, 11) is 0. The van der Waals surface area contributed by atoms with E-state index in [2.05, 4.69) is 15.0 Å². The normalized spacial score (nSPS) is 11.3. The van der Waals surface area contributed by atoms with Crippen LogP contribution in [-0.2, 0) is 6.18 Å². The first kappa shape index (κ1) is 12.2. The van der Waals surface area contributed by atoms with Crippen molar-refractivity contribution in [2.24, 2.45) is 0 Å². The Morgan fingerprint density at radius 3 is 2.33 bits per heavy atom. The Bertz CT molecular complexity index is 566. The van der Waals surface area contributed by atoms with Crippen molar-refractivity contribution < 1.29 is 18.0 Å². The van der Waals surface area contributed by atoms with Gasteiger partial charge in [-0.1, -0.05) is 0 Å². The average Bonchev–Trinajstić information content (AvgIpc) is 2.38. The molecule has 0 amide bonds. The smallest absolute Gasteiger partial charge is 0.298 e. The van der Waals surface area contributed by atoms with Gasteiger partial charge in [0.15, 0.2) is 6.29 Å². The zero-order chi connectivity index (χ0) is 13.2. The Kier molecular flexibility index (Phi) is 3.05. The second kappa shape index (κ2) is 4.52. The first-order valence-corrected chi connectivity index (χ1v) is 4.81. The number of aromatic nitrogens is 3. The molecule has 0 aromatic carbocycles. The SMILES string of the molecule is O=Cc1cnccc1-c1cnc(C(F)(F)F)nc1. The van der Waals surface area contributed by atoms with E-state index in [1.807, 2.05) is 0 Å². The monoisotopic (exact) mass is 253 g/mol. The molecule has 0 bridgehead atoms. The summed E-state index contributed by atoms with van der Waals surface area (Å²) < 4.78 is 36.8. The van der Waals surface area contributed by atoms with Gasteiger partial charge in [-0.3, -0.25) is 9.78 Å². The van der Waals surface area contributed by atoms with Crippen molar-refractivity contribution >= 4 is 6.29 Å². The Morgan fingerprint density at radius 1 is 1.11 bits per heavy atom. The number of halogens is 3. The Morgan fingerprint density at radius 2 is 1.78 bits per heavy atom. The summed E-state index contributed by atoms with van der Waals surface area (Å²) in [5.41, 5.74) is 1.03. The van der Waals surface area contributed by atoms with Crippen LogP contribution >= 0.6 is 0 Å². The minimum atomic E-state index is -4.58. The van der Waals surface area contributed by atoms with Gasteiger partial charge in [0.1, 0.15) is 0 Å². The van der Waals surface area contributed by atoms with Crippen molar-refractivity contribution in [1.82, 2.24) is 15.0 Å². The second-order valence-electron chi connectivity index (χ2n) is 3.37. The highest BCUT2D eigenvalue weighted by atomic mass is 19.4. The summed E-state index contributed by atoms with van der Waals surface area (Å²) in [5.74, 6) is -1.21. The van der Waals surface area contributed by atoms with Gasteiger partial charge in [0.25, 0.3) is 0 Å². The Labute approximate surface area is 99.5 Å². The van der Waals surface area contributed by atoms with E-state index < -0.39 is 12.0 Å². The standard InChI is InChI=1S/C11H6F3N3O/c12-11(13,14)10-16-4-7(5-17-10)9-1-2-15-3-8(9)6-18/h1-6H. The largest absolute Gasteiger partial charge is 0.451 e. The van der Waals surface area contributed by atoms with Crippen molar-refractivity contribution in [1.29, 1.82) is 0 Å². The van der Waals surface area contributed by atoms with Crippen molar-refractivity contribution in [3.63, 3.8) is 0 Å². The van der Waals surface area contributed by atoms with Gasteiger partial charge >= 0.3 is 6.18 Å². The molecule has 0 fully saturated rings. The maximum atomic E-state index is 12.3. The van der Waals surface area contributed by atoms with Crippen molar-refractivity contribution in [3.05, 3.63) is 42.2 Å². The molecular weight excluding hydrogens is 247 g/mol. The lowest BCUT2D eigenvalue weighted by Crippen LogP contribution is -2.10. The Balaban J connectivity index is 2.44. The van der Waals surface area contributed by atoms with Crippen LogP contribution in [0.4, 0.5) is 13.2 Å². The number of hydrogen-bond acceptors (Lipinski definition) is 4. The van der Waals surface area contributed by atoms with E-state index in [9.17, 15) is 18.0 Å². The van der Waals surface area contributed by atoms with Crippen LogP contribution < -0.4 is 0 Å². The molecule has 18 heavy (non-hydrogen) atoms.